The molecule has 3 aromatic rings. The maximum absolute atomic E-state index is 5.33. The molecular weight excluding hydrogens is 310 g/mol. The Morgan fingerprint density at radius 2 is 1.92 bits per heavy atom. The van der Waals surface area contributed by atoms with E-state index in [9.17, 15) is 0 Å². The van der Waals surface area contributed by atoms with E-state index in [1.54, 1.807) is 7.11 Å². The molecule has 0 atom stereocenters. The van der Waals surface area contributed by atoms with Gasteiger partial charge in [-0.1, -0.05) is 24.3 Å². The standard InChI is InChI=1S/C21H23N3O/c1-25-18-6-4-5-15(11-18)12-23-13-17(14-23)24-20-8-3-2-7-19(20)22-21(24)16-9-10-16/h2-8,11,16-17H,9-10,12-14H2,1H3. The van der Waals surface area contributed by atoms with Gasteiger partial charge in [-0.15, -0.1) is 0 Å². The van der Waals surface area contributed by atoms with E-state index >= 15 is 0 Å². The summed E-state index contributed by atoms with van der Waals surface area (Å²) >= 11 is 0. The highest BCUT2D eigenvalue weighted by molar-refractivity contribution is 5.76. The van der Waals surface area contributed by atoms with E-state index < -0.39 is 0 Å². The van der Waals surface area contributed by atoms with Crippen LogP contribution in [-0.2, 0) is 6.54 Å². The normalized spacial score (nSPS) is 18.4. The van der Waals surface area contributed by atoms with Crippen molar-refractivity contribution in [3.8, 4) is 5.75 Å². The zero-order chi connectivity index (χ0) is 16.8. The molecule has 0 bridgehead atoms. The minimum absolute atomic E-state index is 0.550. The number of imidazole rings is 1. The van der Waals surface area contributed by atoms with Crippen LogP contribution in [0.5, 0.6) is 5.75 Å². The Kier molecular flexibility index (Phi) is 3.52. The van der Waals surface area contributed by atoms with Crippen molar-refractivity contribution in [3.63, 3.8) is 0 Å². The Hall–Kier alpha value is -2.33. The number of fused-ring (bicyclic) bond motifs is 1. The Morgan fingerprint density at radius 1 is 1.08 bits per heavy atom. The number of hydrogen-bond donors (Lipinski definition) is 0. The van der Waals surface area contributed by atoms with E-state index in [1.807, 2.05) is 6.07 Å². The van der Waals surface area contributed by atoms with E-state index in [-0.39, 0.29) is 0 Å². The summed E-state index contributed by atoms with van der Waals surface area (Å²) in [6, 6.07) is 17.5. The monoisotopic (exact) mass is 333 g/mol. The van der Waals surface area contributed by atoms with E-state index in [1.165, 1.54) is 29.7 Å². The molecule has 5 rings (SSSR count). The molecule has 1 aliphatic heterocycles. The van der Waals surface area contributed by atoms with Gasteiger partial charge in [-0.3, -0.25) is 4.90 Å². The molecule has 1 saturated heterocycles. The van der Waals surface area contributed by atoms with Crippen molar-refractivity contribution in [2.45, 2.75) is 31.3 Å². The number of para-hydroxylation sites is 2. The zero-order valence-electron chi connectivity index (χ0n) is 14.6. The number of ether oxygens (including phenoxy) is 1. The van der Waals surface area contributed by atoms with Gasteiger partial charge in [0.15, 0.2) is 0 Å². The summed E-state index contributed by atoms with van der Waals surface area (Å²) in [6.45, 7) is 3.17. The molecule has 4 heteroatoms. The molecular formula is C21H23N3O. The molecule has 1 aliphatic carbocycles. The van der Waals surface area contributed by atoms with Crippen LogP contribution in [0.1, 0.15) is 36.2 Å². The molecule has 0 unspecified atom stereocenters. The molecule has 0 amide bonds. The largest absolute Gasteiger partial charge is 0.497 e. The second-order valence-corrected chi connectivity index (χ2v) is 7.30. The van der Waals surface area contributed by atoms with Crippen LogP contribution in [0.15, 0.2) is 48.5 Å². The van der Waals surface area contributed by atoms with Gasteiger partial charge in [-0.05, 0) is 42.7 Å². The molecule has 1 aromatic heterocycles. The average Bonchev–Trinajstić information content (AvgIpc) is 3.39. The van der Waals surface area contributed by atoms with Crippen LogP contribution in [-0.4, -0.2) is 34.7 Å². The van der Waals surface area contributed by atoms with Crippen molar-refractivity contribution in [2.24, 2.45) is 0 Å². The van der Waals surface area contributed by atoms with E-state index in [2.05, 4.69) is 51.9 Å². The lowest BCUT2D eigenvalue weighted by Gasteiger charge is -2.41. The highest BCUT2D eigenvalue weighted by Gasteiger charge is 2.36. The third kappa shape index (κ3) is 2.71. The summed E-state index contributed by atoms with van der Waals surface area (Å²) in [5, 5.41) is 0. The van der Waals surface area contributed by atoms with Gasteiger partial charge in [-0.2, -0.15) is 0 Å². The fourth-order valence-electron chi connectivity index (χ4n) is 3.94. The maximum Gasteiger partial charge on any atom is 0.119 e. The lowest BCUT2D eigenvalue weighted by molar-refractivity contribution is 0.0994. The van der Waals surface area contributed by atoms with Gasteiger partial charge < -0.3 is 9.30 Å². The summed E-state index contributed by atoms with van der Waals surface area (Å²) in [4.78, 5) is 7.44. The molecule has 25 heavy (non-hydrogen) atoms. The molecule has 0 spiro atoms. The Balaban J connectivity index is 1.35. The topological polar surface area (TPSA) is 30.3 Å². The number of aromatic nitrogens is 2. The van der Waals surface area contributed by atoms with Crippen LogP contribution in [0.25, 0.3) is 11.0 Å². The minimum Gasteiger partial charge on any atom is -0.497 e. The lowest BCUT2D eigenvalue weighted by atomic mass is 10.1. The van der Waals surface area contributed by atoms with E-state index in [0.29, 0.717) is 12.0 Å². The first-order valence-corrected chi connectivity index (χ1v) is 9.14. The number of benzene rings is 2. The summed E-state index contributed by atoms with van der Waals surface area (Å²) in [5.74, 6) is 2.93. The molecule has 1 saturated carbocycles. The van der Waals surface area contributed by atoms with Gasteiger partial charge in [0.25, 0.3) is 0 Å². The first kappa shape index (κ1) is 15.0. The molecule has 2 aliphatic rings. The van der Waals surface area contributed by atoms with E-state index in [0.717, 1.165) is 30.9 Å². The third-order valence-electron chi connectivity index (χ3n) is 5.41. The second-order valence-electron chi connectivity index (χ2n) is 7.30. The van der Waals surface area contributed by atoms with Crippen LogP contribution < -0.4 is 4.74 Å². The number of likely N-dealkylation sites (tertiary alicyclic amines) is 1. The van der Waals surface area contributed by atoms with Crippen molar-refractivity contribution in [2.75, 3.05) is 20.2 Å². The van der Waals surface area contributed by atoms with Crippen molar-refractivity contribution in [1.82, 2.24) is 14.5 Å². The van der Waals surface area contributed by atoms with Gasteiger partial charge in [-0.25, -0.2) is 4.98 Å². The lowest BCUT2D eigenvalue weighted by Crippen LogP contribution is -2.47. The Labute approximate surface area is 148 Å². The average molecular weight is 333 g/mol. The first-order chi connectivity index (χ1) is 12.3. The van der Waals surface area contributed by atoms with Crippen molar-refractivity contribution < 1.29 is 4.74 Å². The molecule has 128 valence electrons. The quantitative estimate of drug-likeness (QED) is 0.707. The van der Waals surface area contributed by atoms with Crippen molar-refractivity contribution in [1.29, 1.82) is 0 Å². The van der Waals surface area contributed by atoms with Gasteiger partial charge in [0.05, 0.1) is 24.2 Å². The van der Waals surface area contributed by atoms with Crippen molar-refractivity contribution in [3.05, 3.63) is 59.9 Å². The summed E-state index contributed by atoms with van der Waals surface area (Å²) in [6.07, 6.45) is 2.59. The van der Waals surface area contributed by atoms with Crippen molar-refractivity contribution >= 4 is 11.0 Å². The third-order valence-corrected chi connectivity index (χ3v) is 5.41. The predicted octanol–water partition coefficient (Wildman–Crippen LogP) is 3.98. The predicted molar refractivity (Wildman–Crippen MR) is 99.0 cm³/mol. The molecule has 0 radical (unpaired) electrons. The number of nitrogens with zero attached hydrogens (tertiary/aromatic N) is 3. The van der Waals surface area contributed by atoms with Crippen LogP contribution >= 0.6 is 0 Å². The SMILES string of the molecule is COc1cccc(CN2CC(n3c(C4CC4)nc4ccccc43)C2)c1. The van der Waals surface area contributed by atoms with E-state index in [4.69, 9.17) is 9.72 Å². The molecule has 0 N–H and O–H groups in total. The highest BCUT2D eigenvalue weighted by atomic mass is 16.5. The van der Waals surface area contributed by atoms with Gasteiger partial charge in [0, 0.05) is 25.6 Å². The smallest absolute Gasteiger partial charge is 0.119 e. The fraction of sp³-hybridized carbons (Fsp3) is 0.381. The molecule has 4 nitrogen and oxygen atoms in total. The van der Waals surface area contributed by atoms with Gasteiger partial charge >= 0.3 is 0 Å². The minimum atomic E-state index is 0.550. The van der Waals surface area contributed by atoms with Crippen LogP contribution in [0.2, 0.25) is 0 Å². The first-order valence-electron chi connectivity index (χ1n) is 9.14. The van der Waals surface area contributed by atoms with Gasteiger partial charge in [0.2, 0.25) is 0 Å². The molecule has 2 aromatic carbocycles. The summed E-state index contributed by atoms with van der Waals surface area (Å²) in [5.41, 5.74) is 3.77. The molecule has 2 heterocycles. The van der Waals surface area contributed by atoms with Crippen LogP contribution in [0.3, 0.4) is 0 Å². The second kappa shape index (κ2) is 5.88. The summed E-state index contributed by atoms with van der Waals surface area (Å²) in [7, 11) is 1.72. The number of hydrogen-bond acceptors (Lipinski definition) is 3. The number of rotatable bonds is 5. The van der Waals surface area contributed by atoms with Gasteiger partial charge in [0.1, 0.15) is 11.6 Å². The van der Waals surface area contributed by atoms with Crippen LogP contribution in [0.4, 0.5) is 0 Å². The maximum atomic E-state index is 5.33. The molecule has 2 fully saturated rings. The number of methoxy groups -OCH3 is 1. The Bertz CT molecular complexity index is 906. The highest BCUT2D eigenvalue weighted by Crippen LogP contribution is 2.43. The summed E-state index contributed by atoms with van der Waals surface area (Å²) < 4.78 is 7.86. The zero-order valence-corrected chi connectivity index (χ0v) is 14.6. The fourth-order valence-corrected chi connectivity index (χ4v) is 3.94. The van der Waals surface area contributed by atoms with Crippen LogP contribution in [0, 0.1) is 0 Å². The Morgan fingerprint density at radius 3 is 2.72 bits per heavy atom.